The molecule has 0 unspecified atom stereocenters. The summed E-state index contributed by atoms with van der Waals surface area (Å²) in [6, 6.07) is 4.13. The highest BCUT2D eigenvalue weighted by molar-refractivity contribution is 7.84. The van der Waals surface area contributed by atoms with Crippen LogP contribution in [0.2, 0.25) is 5.02 Å². The van der Waals surface area contributed by atoms with Crippen LogP contribution in [0.4, 0.5) is 9.18 Å². The highest BCUT2D eigenvalue weighted by Crippen LogP contribution is 2.16. The maximum absolute atomic E-state index is 13.3. The van der Waals surface area contributed by atoms with Crippen molar-refractivity contribution in [3.05, 3.63) is 34.6 Å². The minimum absolute atomic E-state index is 0.0557. The van der Waals surface area contributed by atoms with Gasteiger partial charge in [0.1, 0.15) is 5.82 Å². The Morgan fingerprint density at radius 1 is 1.55 bits per heavy atom. The predicted molar refractivity (Wildman–Crippen MR) is 79.8 cm³/mol. The second kappa shape index (κ2) is 7.59. The van der Waals surface area contributed by atoms with Crippen molar-refractivity contribution in [3.8, 4) is 0 Å². The van der Waals surface area contributed by atoms with Crippen LogP contribution >= 0.6 is 11.6 Å². The van der Waals surface area contributed by atoms with Gasteiger partial charge in [0.15, 0.2) is 0 Å². The third kappa shape index (κ3) is 5.09. The Hall–Kier alpha value is -1.14. The van der Waals surface area contributed by atoms with Crippen LogP contribution in [0.15, 0.2) is 18.2 Å². The summed E-state index contributed by atoms with van der Waals surface area (Å²) in [7, 11) is 0.625. The van der Waals surface area contributed by atoms with Crippen LogP contribution in [-0.4, -0.2) is 40.2 Å². The summed E-state index contributed by atoms with van der Waals surface area (Å²) < 4.78 is 24.5. The van der Waals surface area contributed by atoms with Gasteiger partial charge in [-0.25, -0.2) is 9.18 Å². The number of carbonyl (C=O) groups excluding carboxylic acids is 1. The first kappa shape index (κ1) is 16.9. The second-order valence-electron chi connectivity index (χ2n) is 4.60. The first-order valence-corrected chi connectivity index (χ1v) is 8.06. The van der Waals surface area contributed by atoms with Crippen LogP contribution in [0.25, 0.3) is 0 Å². The Bertz CT molecular complexity index is 513. The zero-order chi connectivity index (χ0) is 15.3. The van der Waals surface area contributed by atoms with E-state index >= 15 is 0 Å². The average molecular weight is 321 g/mol. The van der Waals surface area contributed by atoms with Crippen molar-refractivity contribution in [3.63, 3.8) is 0 Å². The number of nitrogens with one attached hydrogen (secondary N) is 1. The molecule has 0 bridgehead atoms. The van der Waals surface area contributed by atoms with E-state index in [0.717, 1.165) is 0 Å². The first-order chi connectivity index (χ1) is 9.31. The van der Waals surface area contributed by atoms with E-state index in [4.69, 9.17) is 11.6 Å². The van der Waals surface area contributed by atoms with Gasteiger partial charge in [-0.2, -0.15) is 0 Å². The average Bonchev–Trinajstić information content (AvgIpc) is 2.39. The van der Waals surface area contributed by atoms with Gasteiger partial charge >= 0.3 is 6.03 Å². The number of amides is 2. The number of benzene rings is 1. The van der Waals surface area contributed by atoms with Gasteiger partial charge in [0, 0.05) is 42.4 Å². The van der Waals surface area contributed by atoms with E-state index in [0.29, 0.717) is 12.1 Å². The number of hydrogen-bond donors (Lipinski definition) is 1. The molecule has 0 aromatic heterocycles. The molecule has 1 aromatic carbocycles. The van der Waals surface area contributed by atoms with Crippen LogP contribution < -0.4 is 5.32 Å². The van der Waals surface area contributed by atoms with Crippen molar-refractivity contribution >= 4 is 28.4 Å². The summed E-state index contributed by atoms with van der Waals surface area (Å²) in [6.07, 6.45) is 1.59. The summed E-state index contributed by atoms with van der Waals surface area (Å²) >= 11 is 5.60. The molecule has 2 amide bonds. The minimum atomic E-state index is -0.981. The van der Waals surface area contributed by atoms with Crippen molar-refractivity contribution in [1.29, 1.82) is 0 Å². The fourth-order valence-electron chi connectivity index (χ4n) is 1.47. The highest BCUT2D eigenvalue weighted by Gasteiger charge is 2.12. The molecule has 1 aromatic rings. The van der Waals surface area contributed by atoms with E-state index in [-0.39, 0.29) is 22.8 Å². The second-order valence-corrected chi connectivity index (χ2v) is 6.81. The zero-order valence-electron chi connectivity index (χ0n) is 11.7. The molecule has 20 heavy (non-hydrogen) atoms. The molecule has 0 saturated heterocycles. The molecule has 0 radical (unpaired) electrons. The summed E-state index contributed by atoms with van der Waals surface area (Å²) in [5.74, 6) is -0.507. The molecular weight excluding hydrogens is 303 g/mol. The topological polar surface area (TPSA) is 49.4 Å². The lowest BCUT2D eigenvalue weighted by molar-refractivity contribution is 0.207. The molecule has 0 spiro atoms. The Morgan fingerprint density at radius 3 is 2.75 bits per heavy atom. The van der Waals surface area contributed by atoms with Crippen LogP contribution in [0.5, 0.6) is 0 Å². The molecule has 7 heteroatoms. The van der Waals surface area contributed by atoms with E-state index in [1.54, 1.807) is 26.3 Å². The number of nitrogens with zero attached hydrogens (tertiary/aromatic N) is 1. The molecule has 1 N–H and O–H groups in total. The molecule has 0 fully saturated rings. The van der Waals surface area contributed by atoms with Crippen molar-refractivity contribution in [2.75, 3.05) is 19.8 Å². The van der Waals surface area contributed by atoms with Gasteiger partial charge in [0.05, 0.1) is 5.02 Å². The van der Waals surface area contributed by atoms with Gasteiger partial charge in [0.25, 0.3) is 0 Å². The predicted octanol–water partition coefficient (Wildman–Crippen LogP) is 2.39. The van der Waals surface area contributed by atoms with Gasteiger partial charge in [-0.15, -0.1) is 0 Å². The molecule has 4 nitrogen and oxygen atoms in total. The Balaban J connectivity index is 2.53. The third-order valence-corrected chi connectivity index (χ3v) is 4.46. The normalized spacial score (nSPS) is 13.7. The molecular formula is C13H18ClFN2O2S. The SMILES string of the molecule is C[C@@H](CNC(=O)N(C)Cc1ccc(Cl)c(F)c1)[S@](C)=O. The summed E-state index contributed by atoms with van der Waals surface area (Å²) in [5.41, 5.74) is 0.650. The zero-order valence-corrected chi connectivity index (χ0v) is 13.2. The van der Waals surface area contributed by atoms with Gasteiger partial charge < -0.3 is 10.2 Å². The molecule has 0 aliphatic heterocycles. The summed E-state index contributed by atoms with van der Waals surface area (Å²) in [4.78, 5) is 13.2. The maximum Gasteiger partial charge on any atom is 0.317 e. The maximum atomic E-state index is 13.3. The molecule has 2 atom stereocenters. The highest BCUT2D eigenvalue weighted by atomic mass is 35.5. The van der Waals surface area contributed by atoms with Gasteiger partial charge in [0.2, 0.25) is 0 Å². The molecule has 1 rings (SSSR count). The van der Waals surface area contributed by atoms with Crippen molar-refractivity contribution in [2.45, 2.75) is 18.7 Å². The quantitative estimate of drug-likeness (QED) is 0.905. The van der Waals surface area contributed by atoms with Crippen LogP contribution in [0, 0.1) is 5.82 Å². The van der Waals surface area contributed by atoms with Crippen LogP contribution in [0.3, 0.4) is 0 Å². The minimum Gasteiger partial charge on any atom is -0.337 e. The van der Waals surface area contributed by atoms with Crippen LogP contribution in [0.1, 0.15) is 12.5 Å². The van der Waals surface area contributed by atoms with E-state index < -0.39 is 16.6 Å². The fourth-order valence-corrected chi connectivity index (χ4v) is 1.90. The standard InChI is InChI=1S/C13H18ClFN2O2S/c1-9(20(3)19)7-16-13(18)17(2)8-10-4-5-11(14)12(15)6-10/h4-6,9H,7-8H2,1-3H3,(H,16,18)/t9-,20-/m0/s1. The number of hydrogen-bond acceptors (Lipinski definition) is 2. The monoisotopic (exact) mass is 320 g/mol. The van der Waals surface area contributed by atoms with Crippen molar-refractivity contribution in [2.24, 2.45) is 0 Å². The number of halogens is 2. The molecule has 112 valence electrons. The largest absolute Gasteiger partial charge is 0.337 e. The Kier molecular flexibility index (Phi) is 6.42. The Morgan fingerprint density at radius 2 is 2.20 bits per heavy atom. The third-order valence-electron chi connectivity index (χ3n) is 2.86. The van der Waals surface area contributed by atoms with E-state index in [9.17, 15) is 13.4 Å². The van der Waals surface area contributed by atoms with Crippen LogP contribution in [-0.2, 0) is 17.3 Å². The number of urea groups is 1. The summed E-state index contributed by atoms with van der Waals surface area (Å²) in [5, 5.41) is 2.63. The lowest BCUT2D eigenvalue weighted by Gasteiger charge is -2.19. The first-order valence-electron chi connectivity index (χ1n) is 6.06. The molecule has 0 aliphatic carbocycles. The molecule has 0 aliphatic rings. The molecule has 0 saturated carbocycles. The lowest BCUT2D eigenvalue weighted by atomic mass is 10.2. The lowest BCUT2D eigenvalue weighted by Crippen LogP contribution is -2.40. The van der Waals surface area contributed by atoms with Gasteiger partial charge in [-0.05, 0) is 24.6 Å². The number of carbonyl (C=O) groups is 1. The van der Waals surface area contributed by atoms with Gasteiger partial charge in [-0.3, -0.25) is 4.21 Å². The van der Waals surface area contributed by atoms with E-state index in [1.807, 2.05) is 0 Å². The molecule has 0 heterocycles. The fraction of sp³-hybridized carbons (Fsp3) is 0.462. The van der Waals surface area contributed by atoms with E-state index in [2.05, 4.69) is 5.32 Å². The van der Waals surface area contributed by atoms with Crippen molar-refractivity contribution in [1.82, 2.24) is 10.2 Å². The van der Waals surface area contributed by atoms with Gasteiger partial charge in [-0.1, -0.05) is 17.7 Å². The Labute approximate surface area is 125 Å². The van der Waals surface area contributed by atoms with E-state index in [1.165, 1.54) is 17.0 Å². The summed E-state index contributed by atoms with van der Waals surface area (Å²) in [6.45, 7) is 2.40. The smallest absolute Gasteiger partial charge is 0.317 e. The van der Waals surface area contributed by atoms with Crippen molar-refractivity contribution < 1.29 is 13.4 Å². The number of rotatable bonds is 5.